The summed E-state index contributed by atoms with van der Waals surface area (Å²) in [5, 5.41) is 4.32. The van der Waals surface area contributed by atoms with Crippen molar-refractivity contribution in [3.8, 4) is 0 Å². The third-order valence-corrected chi connectivity index (χ3v) is 2.61. The zero-order valence-electron chi connectivity index (χ0n) is 8.63. The number of hydrogen-bond donors (Lipinski definition) is 1. The standard InChI is InChI=1S/C8H17N3S.BrH/c1-8(2,3)11-5-9-7(12-4)10-6-11;/h5-6H2,1-4H3,(H,9,10);1H. The van der Waals surface area contributed by atoms with E-state index in [1.54, 1.807) is 11.8 Å². The molecule has 0 aromatic carbocycles. The summed E-state index contributed by atoms with van der Waals surface area (Å²) in [6.45, 7) is 8.33. The summed E-state index contributed by atoms with van der Waals surface area (Å²) in [5.74, 6) is 0. The van der Waals surface area contributed by atoms with E-state index in [9.17, 15) is 0 Å². The molecule has 1 aliphatic heterocycles. The van der Waals surface area contributed by atoms with Crippen molar-refractivity contribution >= 4 is 33.9 Å². The third-order valence-electron chi connectivity index (χ3n) is 1.95. The number of nitrogens with one attached hydrogen (secondary N) is 1. The van der Waals surface area contributed by atoms with Gasteiger partial charge in [-0.25, -0.2) is 4.99 Å². The van der Waals surface area contributed by atoms with E-state index in [4.69, 9.17) is 0 Å². The molecule has 1 aliphatic rings. The molecule has 0 fully saturated rings. The minimum Gasteiger partial charge on any atom is -0.352 e. The van der Waals surface area contributed by atoms with Gasteiger partial charge in [-0.1, -0.05) is 11.8 Å². The van der Waals surface area contributed by atoms with Crippen LogP contribution >= 0.6 is 28.7 Å². The maximum atomic E-state index is 4.39. The minimum atomic E-state index is 0. The van der Waals surface area contributed by atoms with E-state index in [0.29, 0.717) is 0 Å². The molecular formula is C8H18BrN3S. The van der Waals surface area contributed by atoms with Crippen molar-refractivity contribution in [1.29, 1.82) is 0 Å². The molecule has 13 heavy (non-hydrogen) atoms. The Labute approximate surface area is 95.1 Å². The van der Waals surface area contributed by atoms with E-state index in [0.717, 1.165) is 18.5 Å². The normalized spacial score (nSPS) is 18.6. The van der Waals surface area contributed by atoms with Gasteiger partial charge in [0.25, 0.3) is 0 Å². The highest BCUT2D eigenvalue weighted by Gasteiger charge is 2.22. The number of hydrogen-bond acceptors (Lipinski definition) is 4. The quantitative estimate of drug-likeness (QED) is 0.727. The molecule has 1 N–H and O–H groups in total. The predicted octanol–water partition coefficient (Wildman–Crippen LogP) is 1.90. The van der Waals surface area contributed by atoms with Crippen LogP contribution in [0.25, 0.3) is 0 Å². The second kappa shape index (κ2) is 5.22. The fourth-order valence-corrected chi connectivity index (χ4v) is 1.40. The Morgan fingerprint density at radius 1 is 1.46 bits per heavy atom. The van der Waals surface area contributed by atoms with Gasteiger partial charge in [0.15, 0.2) is 5.17 Å². The zero-order valence-corrected chi connectivity index (χ0v) is 11.2. The molecule has 0 saturated heterocycles. The summed E-state index contributed by atoms with van der Waals surface area (Å²) in [5.41, 5.74) is 0.209. The van der Waals surface area contributed by atoms with Crippen LogP contribution in [-0.2, 0) is 0 Å². The Bertz CT molecular complexity index is 188. The first kappa shape index (κ1) is 13.3. The molecule has 0 radical (unpaired) electrons. The van der Waals surface area contributed by atoms with Crippen LogP contribution in [0, 0.1) is 0 Å². The Kier molecular flexibility index (Phi) is 5.32. The molecule has 1 rings (SSSR count). The first-order chi connectivity index (χ1) is 5.54. The second-order valence-electron chi connectivity index (χ2n) is 3.85. The maximum Gasteiger partial charge on any atom is 0.158 e. The molecule has 5 heteroatoms. The molecule has 0 bridgehead atoms. The second-order valence-corrected chi connectivity index (χ2v) is 4.65. The van der Waals surface area contributed by atoms with Gasteiger partial charge >= 0.3 is 0 Å². The highest BCUT2D eigenvalue weighted by atomic mass is 79.9. The predicted molar refractivity (Wildman–Crippen MR) is 65.7 cm³/mol. The maximum absolute atomic E-state index is 4.39. The Hall–Kier alpha value is 0.260. The van der Waals surface area contributed by atoms with Crippen molar-refractivity contribution in [3.05, 3.63) is 0 Å². The van der Waals surface area contributed by atoms with Crippen LogP contribution in [-0.4, -0.2) is 35.2 Å². The van der Waals surface area contributed by atoms with Gasteiger partial charge in [-0.3, -0.25) is 4.90 Å². The van der Waals surface area contributed by atoms with Crippen LogP contribution in [0.15, 0.2) is 4.99 Å². The lowest BCUT2D eigenvalue weighted by molar-refractivity contribution is 0.131. The van der Waals surface area contributed by atoms with Crippen LogP contribution in [0.5, 0.6) is 0 Å². The molecule has 0 spiro atoms. The summed E-state index contributed by atoms with van der Waals surface area (Å²) >= 11 is 1.67. The number of amidine groups is 1. The average Bonchev–Trinajstić information content (AvgIpc) is 2.03. The van der Waals surface area contributed by atoms with Gasteiger partial charge in [0.05, 0.1) is 13.3 Å². The molecular weight excluding hydrogens is 250 g/mol. The van der Waals surface area contributed by atoms with Gasteiger partial charge in [0.1, 0.15) is 0 Å². The zero-order chi connectivity index (χ0) is 9.19. The molecule has 0 aromatic heterocycles. The molecule has 0 aliphatic carbocycles. The van der Waals surface area contributed by atoms with Crippen molar-refractivity contribution in [1.82, 2.24) is 10.2 Å². The summed E-state index contributed by atoms with van der Waals surface area (Å²) in [4.78, 5) is 6.69. The highest BCUT2D eigenvalue weighted by Crippen LogP contribution is 2.14. The van der Waals surface area contributed by atoms with Crippen molar-refractivity contribution in [2.75, 3.05) is 19.6 Å². The van der Waals surface area contributed by atoms with E-state index in [2.05, 4.69) is 36.0 Å². The Morgan fingerprint density at radius 3 is 2.38 bits per heavy atom. The van der Waals surface area contributed by atoms with E-state index in [-0.39, 0.29) is 22.5 Å². The van der Waals surface area contributed by atoms with E-state index in [1.807, 2.05) is 6.26 Å². The highest BCUT2D eigenvalue weighted by molar-refractivity contribution is 8.93. The molecule has 1 heterocycles. The fraction of sp³-hybridized carbons (Fsp3) is 0.875. The van der Waals surface area contributed by atoms with Crippen LogP contribution in [0.1, 0.15) is 20.8 Å². The molecule has 0 aromatic rings. The van der Waals surface area contributed by atoms with Crippen LogP contribution < -0.4 is 5.32 Å². The smallest absolute Gasteiger partial charge is 0.158 e. The summed E-state index contributed by atoms with van der Waals surface area (Å²) in [6.07, 6.45) is 2.04. The van der Waals surface area contributed by atoms with Gasteiger partial charge in [-0.05, 0) is 27.0 Å². The number of halogens is 1. The molecule has 78 valence electrons. The first-order valence-electron chi connectivity index (χ1n) is 4.11. The number of rotatable bonds is 0. The Balaban J connectivity index is 0.00000144. The van der Waals surface area contributed by atoms with E-state index < -0.39 is 0 Å². The monoisotopic (exact) mass is 267 g/mol. The van der Waals surface area contributed by atoms with Crippen molar-refractivity contribution < 1.29 is 0 Å². The molecule has 0 saturated carbocycles. The van der Waals surface area contributed by atoms with Crippen LogP contribution in [0.3, 0.4) is 0 Å². The molecule has 0 unspecified atom stereocenters. The number of thioether (sulfide) groups is 1. The van der Waals surface area contributed by atoms with Gasteiger partial charge in [0.2, 0.25) is 0 Å². The van der Waals surface area contributed by atoms with Crippen molar-refractivity contribution in [3.63, 3.8) is 0 Å². The van der Waals surface area contributed by atoms with Crippen LogP contribution in [0.4, 0.5) is 0 Å². The van der Waals surface area contributed by atoms with Gasteiger partial charge in [0, 0.05) is 5.54 Å². The number of aliphatic imine (C=N–C) groups is 1. The van der Waals surface area contributed by atoms with E-state index in [1.165, 1.54) is 0 Å². The fourth-order valence-electron chi connectivity index (χ4n) is 1.00. The first-order valence-corrected chi connectivity index (χ1v) is 5.34. The lowest BCUT2D eigenvalue weighted by Gasteiger charge is -2.36. The van der Waals surface area contributed by atoms with E-state index >= 15 is 0 Å². The Morgan fingerprint density at radius 2 is 2.08 bits per heavy atom. The lowest BCUT2D eigenvalue weighted by Crippen LogP contribution is -2.50. The van der Waals surface area contributed by atoms with Gasteiger partial charge < -0.3 is 5.32 Å². The summed E-state index contributed by atoms with van der Waals surface area (Å²) < 4.78 is 0. The van der Waals surface area contributed by atoms with Crippen molar-refractivity contribution in [2.45, 2.75) is 26.3 Å². The lowest BCUT2D eigenvalue weighted by atomic mass is 10.1. The van der Waals surface area contributed by atoms with Gasteiger partial charge in [-0.15, -0.1) is 17.0 Å². The largest absolute Gasteiger partial charge is 0.352 e. The molecule has 3 nitrogen and oxygen atoms in total. The number of nitrogens with zero attached hydrogens (tertiary/aromatic N) is 2. The third kappa shape index (κ3) is 3.87. The van der Waals surface area contributed by atoms with Crippen molar-refractivity contribution in [2.24, 2.45) is 4.99 Å². The summed E-state index contributed by atoms with van der Waals surface area (Å²) in [6, 6.07) is 0. The minimum absolute atomic E-state index is 0. The summed E-state index contributed by atoms with van der Waals surface area (Å²) in [7, 11) is 0. The van der Waals surface area contributed by atoms with Gasteiger partial charge in [-0.2, -0.15) is 0 Å². The average molecular weight is 268 g/mol. The molecule has 0 atom stereocenters. The SMILES string of the molecule is Br.CSC1=NCN(C(C)(C)C)CN1. The molecule has 0 amide bonds. The topological polar surface area (TPSA) is 27.6 Å². The van der Waals surface area contributed by atoms with Crippen LogP contribution in [0.2, 0.25) is 0 Å².